The SMILES string of the molecule is COc1ccc(/C=C/C(=O)/C(C)=C(O)/C=C/c2ccc(OC)c(OC)c2)cc1OC. The Labute approximate surface area is 176 Å². The third kappa shape index (κ3) is 5.67. The molecule has 0 aliphatic heterocycles. The first-order chi connectivity index (χ1) is 14.4. The van der Waals surface area contributed by atoms with Gasteiger partial charge in [-0.2, -0.15) is 0 Å². The van der Waals surface area contributed by atoms with Gasteiger partial charge in [0.15, 0.2) is 28.8 Å². The standard InChI is InChI=1S/C24H26O6/c1-16(19(25)10-6-17-8-12-21(27-2)23(14-17)29-4)20(26)11-7-18-9-13-22(28-3)24(15-18)30-5/h6-15,25H,1-5H3/b10-6+,11-7+,19-16-. The maximum absolute atomic E-state index is 12.4. The highest BCUT2D eigenvalue weighted by molar-refractivity contribution is 6.06. The van der Waals surface area contributed by atoms with Crippen LogP contribution >= 0.6 is 0 Å². The van der Waals surface area contributed by atoms with Gasteiger partial charge in [-0.25, -0.2) is 0 Å². The minimum atomic E-state index is -0.306. The van der Waals surface area contributed by atoms with Crippen molar-refractivity contribution < 1.29 is 28.8 Å². The average molecular weight is 410 g/mol. The molecule has 0 aromatic heterocycles. The molecular formula is C24H26O6. The summed E-state index contributed by atoms with van der Waals surface area (Å²) in [4.78, 5) is 12.4. The fourth-order valence-electron chi connectivity index (χ4n) is 2.64. The quantitative estimate of drug-likeness (QED) is 0.362. The van der Waals surface area contributed by atoms with Gasteiger partial charge >= 0.3 is 0 Å². The smallest absolute Gasteiger partial charge is 0.185 e. The molecule has 30 heavy (non-hydrogen) atoms. The van der Waals surface area contributed by atoms with Crippen LogP contribution in [0.2, 0.25) is 0 Å². The van der Waals surface area contributed by atoms with Crippen LogP contribution in [0.1, 0.15) is 18.1 Å². The summed E-state index contributed by atoms with van der Waals surface area (Å²) in [6.45, 7) is 1.57. The van der Waals surface area contributed by atoms with Gasteiger partial charge in [0.1, 0.15) is 5.76 Å². The number of ketones is 1. The van der Waals surface area contributed by atoms with Crippen LogP contribution in [0.4, 0.5) is 0 Å². The number of rotatable bonds is 9. The first-order valence-electron chi connectivity index (χ1n) is 9.17. The molecule has 0 unspecified atom stereocenters. The van der Waals surface area contributed by atoms with Crippen molar-refractivity contribution >= 4 is 17.9 Å². The first kappa shape index (κ1) is 22.6. The molecular weight excluding hydrogens is 384 g/mol. The minimum Gasteiger partial charge on any atom is -0.508 e. The van der Waals surface area contributed by atoms with E-state index in [1.54, 1.807) is 77.8 Å². The second kappa shape index (κ2) is 10.8. The fourth-order valence-corrected chi connectivity index (χ4v) is 2.64. The zero-order valence-corrected chi connectivity index (χ0v) is 17.8. The van der Waals surface area contributed by atoms with E-state index in [1.807, 2.05) is 6.07 Å². The van der Waals surface area contributed by atoms with Crippen LogP contribution in [0.3, 0.4) is 0 Å². The number of carbonyl (C=O) groups is 1. The average Bonchev–Trinajstić information content (AvgIpc) is 2.79. The van der Waals surface area contributed by atoms with E-state index < -0.39 is 0 Å². The summed E-state index contributed by atoms with van der Waals surface area (Å²) in [5.41, 5.74) is 1.79. The zero-order valence-electron chi connectivity index (χ0n) is 17.8. The lowest BCUT2D eigenvalue weighted by Gasteiger charge is -2.07. The monoisotopic (exact) mass is 410 g/mol. The highest BCUT2D eigenvalue weighted by atomic mass is 16.5. The molecule has 0 aliphatic carbocycles. The van der Waals surface area contributed by atoms with Gasteiger partial charge in [0.25, 0.3) is 0 Å². The van der Waals surface area contributed by atoms with Crippen molar-refractivity contribution in [3.63, 3.8) is 0 Å². The molecule has 6 nitrogen and oxygen atoms in total. The fraction of sp³-hybridized carbons (Fsp3) is 0.208. The lowest BCUT2D eigenvalue weighted by molar-refractivity contribution is -0.111. The summed E-state index contributed by atoms with van der Waals surface area (Å²) in [5.74, 6) is 1.94. The van der Waals surface area contributed by atoms with Gasteiger partial charge in [-0.15, -0.1) is 0 Å². The topological polar surface area (TPSA) is 74.2 Å². The minimum absolute atomic E-state index is 0.119. The second-order valence-corrected chi connectivity index (χ2v) is 6.27. The van der Waals surface area contributed by atoms with Gasteiger partial charge in [0.2, 0.25) is 0 Å². The van der Waals surface area contributed by atoms with Crippen LogP contribution in [-0.2, 0) is 4.79 Å². The summed E-state index contributed by atoms with van der Waals surface area (Å²) in [6.07, 6.45) is 6.21. The van der Waals surface area contributed by atoms with E-state index in [2.05, 4.69) is 0 Å². The van der Waals surface area contributed by atoms with Crippen LogP contribution in [-0.4, -0.2) is 39.3 Å². The molecule has 0 fully saturated rings. The van der Waals surface area contributed by atoms with Gasteiger partial charge in [-0.1, -0.05) is 24.3 Å². The van der Waals surface area contributed by atoms with Gasteiger partial charge in [-0.3, -0.25) is 4.79 Å². The molecule has 0 aliphatic rings. The Bertz CT molecular complexity index is 985. The number of aliphatic hydroxyl groups is 1. The molecule has 0 amide bonds. The molecule has 0 radical (unpaired) electrons. The van der Waals surface area contributed by atoms with Gasteiger partial charge in [-0.05, 0) is 54.5 Å². The predicted molar refractivity (Wildman–Crippen MR) is 117 cm³/mol. The normalized spacial score (nSPS) is 12.0. The maximum Gasteiger partial charge on any atom is 0.185 e. The summed E-state index contributed by atoms with van der Waals surface area (Å²) in [7, 11) is 6.22. The number of allylic oxidation sites excluding steroid dienone is 3. The number of carbonyl (C=O) groups excluding carboxylic acids is 1. The van der Waals surface area contributed by atoms with Gasteiger partial charge < -0.3 is 24.1 Å². The van der Waals surface area contributed by atoms with Crippen LogP contribution in [0.15, 0.2) is 59.9 Å². The van der Waals surface area contributed by atoms with Crippen molar-refractivity contribution in [2.24, 2.45) is 0 Å². The molecule has 0 saturated heterocycles. The van der Waals surface area contributed by atoms with Crippen molar-refractivity contribution in [2.75, 3.05) is 28.4 Å². The predicted octanol–water partition coefficient (Wildman–Crippen LogP) is 4.85. The van der Waals surface area contributed by atoms with Crippen LogP contribution in [0, 0.1) is 0 Å². The summed E-state index contributed by atoms with van der Waals surface area (Å²) >= 11 is 0. The number of methoxy groups -OCH3 is 4. The molecule has 2 rings (SSSR count). The van der Waals surface area contributed by atoms with Gasteiger partial charge in [0.05, 0.1) is 28.4 Å². The Morgan fingerprint density at radius 2 is 1.17 bits per heavy atom. The largest absolute Gasteiger partial charge is 0.508 e. The Kier molecular flexibility index (Phi) is 8.11. The van der Waals surface area contributed by atoms with E-state index in [1.165, 1.54) is 12.2 Å². The first-order valence-corrected chi connectivity index (χ1v) is 9.17. The number of hydrogen-bond donors (Lipinski definition) is 1. The van der Waals surface area contributed by atoms with Crippen molar-refractivity contribution in [1.82, 2.24) is 0 Å². The molecule has 0 saturated carbocycles. The Hall–Kier alpha value is -3.67. The molecule has 158 valence electrons. The summed E-state index contributed by atoms with van der Waals surface area (Å²) < 4.78 is 20.9. The third-order valence-electron chi connectivity index (χ3n) is 4.43. The molecule has 0 spiro atoms. The lowest BCUT2D eigenvalue weighted by atomic mass is 10.1. The lowest BCUT2D eigenvalue weighted by Crippen LogP contribution is -1.98. The maximum atomic E-state index is 12.4. The summed E-state index contributed by atoms with van der Waals surface area (Å²) in [6, 6.07) is 10.7. The Balaban J connectivity index is 2.15. The molecule has 0 heterocycles. The van der Waals surface area contributed by atoms with Crippen LogP contribution in [0.5, 0.6) is 23.0 Å². The molecule has 2 aromatic rings. The Morgan fingerprint density at radius 1 is 0.733 bits per heavy atom. The van der Waals surface area contributed by atoms with Crippen LogP contribution in [0.25, 0.3) is 12.2 Å². The van der Waals surface area contributed by atoms with E-state index in [0.29, 0.717) is 23.0 Å². The van der Waals surface area contributed by atoms with Gasteiger partial charge in [0, 0.05) is 5.57 Å². The van der Waals surface area contributed by atoms with Crippen LogP contribution < -0.4 is 18.9 Å². The van der Waals surface area contributed by atoms with Crippen molar-refractivity contribution in [2.45, 2.75) is 6.92 Å². The van der Waals surface area contributed by atoms with E-state index in [4.69, 9.17) is 18.9 Å². The number of hydrogen-bond acceptors (Lipinski definition) is 6. The highest BCUT2D eigenvalue weighted by Crippen LogP contribution is 2.29. The summed E-state index contributed by atoms with van der Waals surface area (Å²) in [5, 5.41) is 10.3. The van der Waals surface area contributed by atoms with E-state index in [-0.39, 0.29) is 17.1 Å². The number of benzene rings is 2. The van der Waals surface area contributed by atoms with Crippen molar-refractivity contribution in [3.05, 3.63) is 71.0 Å². The molecule has 0 atom stereocenters. The van der Waals surface area contributed by atoms with Crippen molar-refractivity contribution in [3.8, 4) is 23.0 Å². The molecule has 6 heteroatoms. The van der Waals surface area contributed by atoms with E-state index in [9.17, 15) is 9.90 Å². The second-order valence-electron chi connectivity index (χ2n) is 6.27. The Morgan fingerprint density at radius 3 is 1.60 bits per heavy atom. The number of ether oxygens (including phenoxy) is 4. The van der Waals surface area contributed by atoms with E-state index in [0.717, 1.165) is 11.1 Å². The highest BCUT2D eigenvalue weighted by Gasteiger charge is 2.07. The number of aliphatic hydroxyl groups excluding tert-OH is 1. The zero-order chi connectivity index (χ0) is 22.1. The molecule has 1 N–H and O–H groups in total. The van der Waals surface area contributed by atoms with Crippen molar-refractivity contribution in [1.29, 1.82) is 0 Å². The molecule has 2 aromatic carbocycles. The molecule has 0 bridgehead atoms. The third-order valence-corrected chi connectivity index (χ3v) is 4.43. The van der Waals surface area contributed by atoms with E-state index >= 15 is 0 Å².